The number of hydrogen-bond donors (Lipinski definition) is 2. The monoisotopic (exact) mass is 278 g/mol. The Kier molecular flexibility index (Phi) is 5.31. The molecule has 2 atom stereocenters. The fourth-order valence-corrected chi connectivity index (χ4v) is 2.81. The highest BCUT2D eigenvalue weighted by molar-refractivity contribution is 5.35. The van der Waals surface area contributed by atoms with Gasteiger partial charge >= 0.3 is 0 Å². The van der Waals surface area contributed by atoms with Gasteiger partial charge in [-0.1, -0.05) is 13.8 Å². The molecule has 0 amide bonds. The van der Waals surface area contributed by atoms with Gasteiger partial charge in [0.25, 0.3) is 0 Å². The zero-order valence-electron chi connectivity index (χ0n) is 12.8. The summed E-state index contributed by atoms with van der Waals surface area (Å²) in [5, 5.41) is 12.8. The lowest BCUT2D eigenvalue weighted by molar-refractivity contribution is 0.132. The highest BCUT2D eigenvalue weighted by Gasteiger charge is 2.30. The van der Waals surface area contributed by atoms with Gasteiger partial charge in [0.1, 0.15) is 11.6 Å². The molecule has 0 bridgehead atoms. The number of aryl methyl sites for hydroxylation is 1. The zero-order valence-corrected chi connectivity index (χ0v) is 12.8. The van der Waals surface area contributed by atoms with Crippen molar-refractivity contribution < 1.29 is 5.11 Å². The van der Waals surface area contributed by atoms with E-state index >= 15 is 0 Å². The third-order valence-corrected chi connectivity index (χ3v) is 3.99. The topological polar surface area (TPSA) is 61.3 Å². The van der Waals surface area contributed by atoms with Crippen molar-refractivity contribution in [3.8, 4) is 0 Å². The molecule has 2 heterocycles. The Hall–Kier alpha value is -1.20. The minimum atomic E-state index is 0.216. The molecule has 2 N–H and O–H groups in total. The second-order valence-corrected chi connectivity index (χ2v) is 5.72. The molecule has 0 aromatic carbocycles. The van der Waals surface area contributed by atoms with E-state index in [2.05, 4.69) is 34.0 Å². The van der Waals surface area contributed by atoms with E-state index in [1.165, 1.54) is 0 Å². The van der Waals surface area contributed by atoms with Crippen molar-refractivity contribution >= 4 is 5.82 Å². The summed E-state index contributed by atoms with van der Waals surface area (Å²) >= 11 is 0. The summed E-state index contributed by atoms with van der Waals surface area (Å²) in [5.74, 6) is 2.29. The number of nitrogens with one attached hydrogen (secondary N) is 1. The van der Waals surface area contributed by atoms with Crippen LogP contribution in [0.3, 0.4) is 0 Å². The number of aliphatic hydroxyl groups is 1. The Bertz CT molecular complexity index is 438. The second-order valence-electron chi connectivity index (χ2n) is 5.72. The molecule has 1 fully saturated rings. The van der Waals surface area contributed by atoms with Gasteiger partial charge in [-0.15, -0.1) is 0 Å². The highest BCUT2D eigenvalue weighted by Crippen LogP contribution is 2.24. The maximum atomic E-state index is 9.52. The van der Waals surface area contributed by atoms with Crippen molar-refractivity contribution in [2.45, 2.75) is 46.2 Å². The third-order valence-electron chi connectivity index (χ3n) is 3.99. The molecule has 5 nitrogen and oxygen atoms in total. The first-order valence-corrected chi connectivity index (χ1v) is 7.57. The van der Waals surface area contributed by atoms with Crippen LogP contribution in [-0.4, -0.2) is 45.7 Å². The molecule has 2 rings (SSSR count). The van der Waals surface area contributed by atoms with Crippen molar-refractivity contribution in [1.29, 1.82) is 0 Å². The number of likely N-dealkylation sites (tertiary alicyclic amines) is 1. The lowest BCUT2D eigenvalue weighted by Gasteiger charge is -2.24. The van der Waals surface area contributed by atoms with Gasteiger partial charge in [-0.05, 0) is 32.2 Å². The molecule has 0 saturated carbocycles. The Morgan fingerprint density at radius 2 is 2.25 bits per heavy atom. The Morgan fingerprint density at radius 3 is 2.95 bits per heavy atom. The molecule has 0 aliphatic carbocycles. The molecule has 1 aromatic heterocycles. The van der Waals surface area contributed by atoms with E-state index in [0.29, 0.717) is 5.92 Å². The van der Waals surface area contributed by atoms with E-state index in [9.17, 15) is 5.11 Å². The minimum absolute atomic E-state index is 0.216. The van der Waals surface area contributed by atoms with Crippen LogP contribution in [0.5, 0.6) is 0 Å². The van der Waals surface area contributed by atoms with Crippen molar-refractivity contribution in [3.63, 3.8) is 0 Å². The van der Waals surface area contributed by atoms with Gasteiger partial charge in [0, 0.05) is 24.3 Å². The van der Waals surface area contributed by atoms with Crippen molar-refractivity contribution in [3.05, 3.63) is 17.6 Å². The molecule has 1 aliphatic rings. The van der Waals surface area contributed by atoms with Crippen molar-refractivity contribution in [1.82, 2.24) is 14.9 Å². The van der Waals surface area contributed by atoms with Crippen LogP contribution in [0.1, 0.15) is 38.2 Å². The minimum Gasteiger partial charge on any atom is -0.395 e. The molecule has 1 aromatic rings. The molecule has 112 valence electrons. The van der Waals surface area contributed by atoms with Crippen LogP contribution >= 0.6 is 0 Å². The van der Waals surface area contributed by atoms with E-state index in [-0.39, 0.29) is 12.6 Å². The smallest absolute Gasteiger partial charge is 0.144 e. The molecule has 0 radical (unpaired) electrons. The molecule has 0 spiro atoms. The zero-order chi connectivity index (χ0) is 14.5. The first-order valence-electron chi connectivity index (χ1n) is 7.57. The number of nitrogens with zero attached hydrogens (tertiary/aromatic N) is 3. The summed E-state index contributed by atoms with van der Waals surface area (Å²) < 4.78 is 0. The number of rotatable bonds is 6. The Balaban J connectivity index is 2.06. The average Bonchev–Trinajstić information content (AvgIpc) is 2.76. The van der Waals surface area contributed by atoms with Crippen molar-refractivity contribution in [2.24, 2.45) is 5.92 Å². The number of aliphatic hydroxyl groups excluding tert-OH is 1. The maximum absolute atomic E-state index is 9.52. The van der Waals surface area contributed by atoms with Crippen LogP contribution in [0.25, 0.3) is 0 Å². The van der Waals surface area contributed by atoms with E-state index in [4.69, 9.17) is 0 Å². The maximum Gasteiger partial charge on any atom is 0.144 e. The SMILES string of the molecule is CCCNc1cc(C)nc(CN2CCC(C)C2CO)n1. The van der Waals surface area contributed by atoms with Crippen LogP contribution in [0.2, 0.25) is 0 Å². The summed E-state index contributed by atoms with van der Waals surface area (Å²) in [4.78, 5) is 11.4. The van der Waals surface area contributed by atoms with Crippen LogP contribution in [0.15, 0.2) is 6.07 Å². The van der Waals surface area contributed by atoms with E-state index in [1.54, 1.807) is 0 Å². The number of aromatic nitrogens is 2. The molecular formula is C15H26N4O. The fraction of sp³-hybridized carbons (Fsp3) is 0.733. The van der Waals surface area contributed by atoms with E-state index in [1.807, 2.05) is 13.0 Å². The molecular weight excluding hydrogens is 252 g/mol. The lowest BCUT2D eigenvalue weighted by Crippen LogP contribution is -2.35. The van der Waals surface area contributed by atoms with Crippen LogP contribution in [-0.2, 0) is 6.54 Å². The van der Waals surface area contributed by atoms with Gasteiger partial charge in [0.05, 0.1) is 13.2 Å². The summed E-state index contributed by atoms with van der Waals surface area (Å²) in [6.45, 7) is 9.22. The van der Waals surface area contributed by atoms with Crippen LogP contribution in [0.4, 0.5) is 5.82 Å². The quantitative estimate of drug-likeness (QED) is 0.831. The fourth-order valence-electron chi connectivity index (χ4n) is 2.81. The van der Waals surface area contributed by atoms with Crippen molar-refractivity contribution in [2.75, 3.05) is 25.0 Å². The molecule has 2 unspecified atom stereocenters. The molecule has 1 aliphatic heterocycles. The number of hydrogen-bond acceptors (Lipinski definition) is 5. The lowest BCUT2D eigenvalue weighted by atomic mass is 10.0. The van der Waals surface area contributed by atoms with Crippen LogP contribution < -0.4 is 5.32 Å². The van der Waals surface area contributed by atoms with E-state index in [0.717, 1.165) is 49.8 Å². The molecule has 1 saturated heterocycles. The van der Waals surface area contributed by atoms with Gasteiger partial charge in [-0.2, -0.15) is 0 Å². The summed E-state index contributed by atoms with van der Waals surface area (Å²) in [5.41, 5.74) is 0.987. The predicted octanol–water partition coefficient (Wildman–Crippen LogP) is 1.81. The average molecular weight is 278 g/mol. The Labute approximate surface area is 121 Å². The third kappa shape index (κ3) is 3.67. The second kappa shape index (κ2) is 6.99. The van der Waals surface area contributed by atoms with Gasteiger partial charge in [0.2, 0.25) is 0 Å². The van der Waals surface area contributed by atoms with Gasteiger partial charge < -0.3 is 10.4 Å². The predicted molar refractivity (Wildman–Crippen MR) is 80.6 cm³/mol. The summed E-state index contributed by atoms with van der Waals surface area (Å²) in [6, 6.07) is 2.22. The number of anilines is 1. The summed E-state index contributed by atoms with van der Waals surface area (Å²) in [7, 11) is 0. The van der Waals surface area contributed by atoms with Gasteiger partial charge in [-0.3, -0.25) is 4.90 Å². The Morgan fingerprint density at radius 1 is 1.45 bits per heavy atom. The molecule has 20 heavy (non-hydrogen) atoms. The van der Waals surface area contributed by atoms with Gasteiger partial charge in [0.15, 0.2) is 0 Å². The highest BCUT2D eigenvalue weighted by atomic mass is 16.3. The van der Waals surface area contributed by atoms with E-state index < -0.39 is 0 Å². The van der Waals surface area contributed by atoms with Gasteiger partial charge in [-0.25, -0.2) is 9.97 Å². The van der Waals surface area contributed by atoms with Crippen LogP contribution in [0, 0.1) is 12.8 Å². The first kappa shape index (κ1) is 15.2. The first-order chi connectivity index (χ1) is 9.63. The molecule has 5 heteroatoms. The standard InChI is InChI=1S/C15H26N4O/c1-4-6-16-14-8-12(3)17-15(18-14)9-19-7-5-11(2)13(19)10-20/h8,11,13,20H,4-7,9-10H2,1-3H3,(H,16,17,18). The summed E-state index contributed by atoms with van der Waals surface area (Å²) in [6.07, 6.45) is 2.21. The normalized spacial score (nSPS) is 23.2. The largest absolute Gasteiger partial charge is 0.395 e.